The average Bonchev–Trinajstić information content (AvgIpc) is 2.37. The van der Waals surface area contributed by atoms with Crippen molar-refractivity contribution in [2.24, 2.45) is 11.7 Å². The van der Waals surface area contributed by atoms with Crippen LogP contribution in [0.1, 0.15) is 13.8 Å². The number of rotatable bonds is 5. The van der Waals surface area contributed by atoms with Gasteiger partial charge in [-0.2, -0.15) is 0 Å². The molecule has 5 N–H and O–H groups in total. The van der Waals surface area contributed by atoms with Gasteiger partial charge in [-0.05, 0) is 18.1 Å². The molecular weight excluding hydrogens is 232 g/mol. The summed E-state index contributed by atoms with van der Waals surface area (Å²) in [6.45, 7) is 4.34. The van der Waals surface area contributed by atoms with Crippen LogP contribution in [0, 0.1) is 5.92 Å². The van der Waals surface area contributed by atoms with E-state index in [1.54, 1.807) is 13.8 Å². The molecule has 1 aromatic carbocycles. The van der Waals surface area contributed by atoms with Gasteiger partial charge in [-0.25, -0.2) is 0 Å². The molecule has 0 aliphatic carbocycles. The van der Waals surface area contributed by atoms with Crippen molar-refractivity contribution in [3.63, 3.8) is 0 Å². The number of carboxylic acid groups (broad SMARTS) is 1. The van der Waals surface area contributed by atoms with Crippen molar-refractivity contribution in [3.05, 3.63) is 30.3 Å². The molecular formula is C13H22N2O3. The van der Waals surface area contributed by atoms with Gasteiger partial charge in [0.2, 0.25) is 0 Å². The number of aliphatic hydroxyl groups excluding tert-OH is 1. The summed E-state index contributed by atoms with van der Waals surface area (Å²) in [5.41, 5.74) is 6.21. The van der Waals surface area contributed by atoms with Crippen molar-refractivity contribution in [3.8, 4) is 0 Å². The number of hydrogen-bond acceptors (Lipinski definition) is 4. The van der Waals surface area contributed by atoms with Gasteiger partial charge in [0.15, 0.2) is 0 Å². The molecule has 102 valence electrons. The van der Waals surface area contributed by atoms with Crippen molar-refractivity contribution in [2.75, 3.05) is 18.5 Å². The number of anilines is 1. The second kappa shape index (κ2) is 9.44. The van der Waals surface area contributed by atoms with E-state index in [0.717, 1.165) is 5.69 Å². The van der Waals surface area contributed by atoms with Crippen LogP contribution in [0.2, 0.25) is 0 Å². The van der Waals surface area contributed by atoms with Crippen molar-refractivity contribution in [1.82, 2.24) is 0 Å². The van der Waals surface area contributed by atoms with Gasteiger partial charge < -0.3 is 21.3 Å². The first-order chi connectivity index (χ1) is 8.49. The molecule has 0 unspecified atom stereocenters. The zero-order chi connectivity index (χ0) is 14.0. The first-order valence-corrected chi connectivity index (χ1v) is 5.87. The normalized spacial score (nSPS) is 11.4. The second-order valence-corrected chi connectivity index (χ2v) is 4.12. The summed E-state index contributed by atoms with van der Waals surface area (Å²) in [6, 6.07) is 9.10. The van der Waals surface area contributed by atoms with Crippen LogP contribution in [-0.4, -0.2) is 35.4 Å². The second-order valence-electron chi connectivity index (χ2n) is 4.12. The summed E-state index contributed by atoms with van der Waals surface area (Å²) < 4.78 is 0. The molecule has 0 spiro atoms. The third-order valence-electron chi connectivity index (χ3n) is 2.22. The van der Waals surface area contributed by atoms with Gasteiger partial charge in [-0.3, -0.25) is 4.79 Å². The number of para-hydroxylation sites is 1. The molecule has 0 heterocycles. The summed E-state index contributed by atoms with van der Waals surface area (Å²) in [5.74, 6) is -0.910. The van der Waals surface area contributed by atoms with E-state index in [-0.39, 0.29) is 12.5 Å². The average molecular weight is 254 g/mol. The lowest BCUT2D eigenvalue weighted by molar-refractivity contribution is -0.139. The highest BCUT2D eigenvalue weighted by Crippen LogP contribution is 2.03. The van der Waals surface area contributed by atoms with E-state index < -0.39 is 12.0 Å². The largest absolute Gasteiger partial charge is 0.480 e. The Morgan fingerprint density at radius 3 is 2.22 bits per heavy atom. The molecule has 18 heavy (non-hydrogen) atoms. The third-order valence-corrected chi connectivity index (χ3v) is 2.22. The number of benzene rings is 1. The van der Waals surface area contributed by atoms with Gasteiger partial charge in [0, 0.05) is 12.2 Å². The Bertz CT molecular complexity index is 328. The van der Waals surface area contributed by atoms with Gasteiger partial charge in [-0.1, -0.05) is 32.0 Å². The Morgan fingerprint density at radius 2 is 1.89 bits per heavy atom. The van der Waals surface area contributed by atoms with Crippen LogP contribution in [0.5, 0.6) is 0 Å². The molecule has 5 heteroatoms. The quantitative estimate of drug-likeness (QED) is 0.632. The molecule has 0 saturated carbocycles. The molecule has 0 amide bonds. The molecule has 5 nitrogen and oxygen atoms in total. The fraction of sp³-hybridized carbons (Fsp3) is 0.462. The molecule has 0 fully saturated rings. The molecule has 0 aliphatic rings. The number of aliphatic carboxylic acids is 1. The highest BCUT2D eigenvalue weighted by atomic mass is 16.4. The minimum Gasteiger partial charge on any atom is -0.480 e. The monoisotopic (exact) mass is 254 g/mol. The van der Waals surface area contributed by atoms with Crippen molar-refractivity contribution in [1.29, 1.82) is 0 Å². The van der Waals surface area contributed by atoms with E-state index in [1.165, 1.54) is 0 Å². The Morgan fingerprint density at radius 1 is 1.33 bits per heavy atom. The Labute approximate surface area is 108 Å². The van der Waals surface area contributed by atoms with Crippen LogP contribution in [-0.2, 0) is 4.79 Å². The van der Waals surface area contributed by atoms with Gasteiger partial charge in [-0.15, -0.1) is 0 Å². The van der Waals surface area contributed by atoms with Gasteiger partial charge >= 0.3 is 5.97 Å². The summed E-state index contributed by atoms with van der Waals surface area (Å²) in [6.07, 6.45) is 0. The van der Waals surface area contributed by atoms with Gasteiger partial charge in [0.1, 0.15) is 6.04 Å². The molecule has 0 bridgehead atoms. The molecule has 0 aliphatic heterocycles. The zero-order valence-corrected chi connectivity index (χ0v) is 10.8. The highest BCUT2D eigenvalue weighted by Gasteiger charge is 2.14. The fourth-order valence-electron chi connectivity index (χ4n) is 1.04. The fourth-order valence-corrected chi connectivity index (χ4v) is 1.04. The van der Waals surface area contributed by atoms with E-state index in [2.05, 4.69) is 5.32 Å². The molecule has 1 aromatic rings. The lowest BCUT2D eigenvalue weighted by Gasteiger charge is -2.07. The molecule has 0 aromatic heterocycles. The lowest BCUT2D eigenvalue weighted by Crippen LogP contribution is -2.34. The number of carbonyl (C=O) groups is 1. The van der Waals surface area contributed by atoms with Gasteiger partial charge in [0.05, 0.1) is 6.61 Å². The maximum Gasteiger partial charge on any atom is 0.320 e. The topological polar surface area (TPSA) is 95.6 Å². The number of hydrogen-bond donors (Lipinski definition) is 4. The Kier molecular flexibility index (Phi) is 8.61. The van der Waals surface area contributed by atoms with E-state index in [1.807, 2.05) is 30.3 Å². The molecule has 0 saturated heterocycles. The van der Waals surface area contributed by atoms with Gasteiger partial charge in [0.25, 0.3) is 0 Å². The standard InChI is InChI=1S/C8H11NO.C5H11NO2/c10-7-6-9-8-4-2-1-3-5-8;1-3(2)4(6)5(7)8/h1-5,9-10H,6-7H2;3-4H,6H2,1-2H3,(H,7,8)/t;4-/m.0/s1. The third kappa shape index (κ3) is 7.65. The molecule has 1 atom stereocenters. The smallest absolute Gasteiger partial charge is 0.320 e. The van der Waals surface area contributed by atoms with Crippen LogP contribution in [0.25, 0.3) is 0 Å². The zero-order valence-electron chi connectivity index (χ0n) is 10.8. The highest BCUT2D eigenvalue weighted by molar-refractivity contribution is 5.73. The van der Waals surface area contributed by atoms with E-state index in [0.29, 0.717) is 6.54 Å². The van der Waals surface area contributed by atoms with E-state index in [4.69, 9.17) is 15.9 Å². The van der Waals surface area contributed by atoms with E-state index >= 15 is 0 Å². The van der Waals surface area contributed by atoms with Crippen LogP contribution in [0.4, 0.5) is 5.69 Å². The van der Waals surface area contributed by atoms with Crippen molar-refractivity contribution in [2.45, 2.75) is 19.9 Å². The van der Waals surface area contributed by atoms with Crippen molar-refractivity contribution >= 4 is 11.7 Å². The predicted octanol–water partition coefficient (Wildman–Crippen LogP) is 1.15. The maximum atomic E-state index is 10.0. The summed E-state index contributed by atoms with van der Waals surface area (Å²) in [4.78, 5) is 10.0. The summed E-state index contributed by atoms with van der Waals surface area (Å²) >= 11 is 0. The molecule has 0 radical (unpaired) electrons. The number of nitrogens with two attached hydrogens (primary N) is 1. The first kappa shape index (κ1) is 16.4. The van der Waals surface area contributed by atoms with Crippen molar-refractivity contribution < 1.29 is 15.0 Å². The van der Waals surface area contributed by atoms with Crippen LogP contribution in [0.15, 0.2) is 30.3 Å². The number of carboxylic acids is 1. The first-order valence-electron chi connectivity index (χ1n) is 5.87. The Hall–Kier alpha value is -1.59. The summed E-state index contributed by atoms with van der Waals surface area (Å²) in [7, 11) is 0. The summed E-state index contributed by atoms with van der Waals surface area (Å²) in [5, 5.41) is 19.7. The minimum atomic E-state index is -0.931. The van der Waals surface area contributed by atoms with E-state index in [9.17, 15) is 4.79 Å². The number of aliphatic hydroxyl groups is 1. The van der Waals surface area contributed by atoms with Crippen LogP contribution in [0.3, 0.4) is 0 Å². The lowest BCUT2D eigenvalue weighted by atomic mass is 10.1. The van der Waals surface area contributed by atoms with Crippen LogP contribution >= 0.6 is 0 Å². The molecule has 1 rings (SSSR count). The predicted molar refractivity (Wildman–Crippen MR) is 72.5 cm³/mol. The SMILES string of the molecule is CC(C)[C@H](N)C(=O)O.OCCNc1ccccc1. The minimum absolute atomic E-state index is 0.0208. The van der Waals surface area contributed by atoms with Crippen LogP contribution < -0.4 is 11.1 Å². The number of nitrogens with one attached hydrogen (secondary N) is 1. The maximum absolute atomic E-state index is 10.0. The Balaban J connectivity index is 0.000000331.